The zero-order valence-electron chi connectivity index (χ0n) is 9.71. The van der Waals surface area contributed by atoms with Crippen LogP contribution in [-0.4, -0.2) is 5.11 Å². The quantitative estimate of drug-likeness (QED) is 0.799. The van der Waals surface area contributed by atoms with Crippen molar-refractivity contribution in [3.05, 3.63) is 68.1 Å². The highest BCUT2D eigenvalue weighted by Crippen LogP contribution is 2.29. The van der Waals surface area contributed by atoms with Gasteiger partial charge in [0.1, 0.15) is 11.6 Å². The van der Waals surface area contributed by atoms with E-state index in [0.717, 1.165) is 15.0 Å². The van der Waals surface area contributed by atoms with E-state index in [9.17, 15) is 13.9 Å². The molecule has 0 radical (unpaired) electrons. The molecular weight excluding hydrogens is 382 g/mol. The summed E-state index contributed by atoms with van der Waals surface area (Å²) in [7, 11) is 0. The van der Waals surface area contributed by atoms with Gasteiger partial charge in [0.25, 0.3) is 0 Å². The first-order valence-electron chi connectivity index (χ1n) is 5.54. The molecule has 0 aromatic heterocycles. The van der Waals surface area contributed by atoms with Gasteiger partial charge in [-0.2, -0.15) is 0 Å². The van der Waals surface area contributed by atoms with Gasteiger partial charge in [-0.05, 0) is 35.4 Å². The highest BCUT2D eigenvalue weighted by Gasteiger charge is 2.15. The summed E-state index contributed by atoms with van der Waals surface area (Å²) in [6.45, 7) is 0. The van der Waals surface area contributed by atoms with E-state index in [1.807, 2.05) is 6.07 Å². The molecule has 2 rings (SSSR count). The third-order valence-corrected chi connectivity index (χ3v) is 3.96. The van der Waals surface area contributed by atoms with Crippen molar-refractivity contribution in [2.24, 2.45) is 0 Å². The first kappa shape index (κ1) is 14.6. The second-order valence-electron chi connectivity index (χ2n) is 4.12. The lowest BCUT2D eigenvalue weighted by Gasteiger charge is -2.14. The molecule has 0 aliphatic rings. The molecule has 0 aliphatic carbocycles. The van der Waals surface area contributed by atoms with Crippen molar-refractivity contribution in [2.45, 2.75) is 12.5 Å². The van der Waals surface area contributed by atoms with Crippen LogP contribution >= 0.6 is 31.9 Å². The van der Waals surface area contributed by atoms with Gasteiger partial charge in [0.2, 0.25) is 0 Å². The Labute approximate surface area is 126 Å². The average molecular weight is 392 g/mol. The Bertz CT molecular complexity index is 602. The van der Waals surface area contributed by atoms with E-state index in [2.05, 4.69) is 31.9 Å². The summed E-state index contributed by atoms with van der Waals surface area (Å²) in [5.41, 5.74) is 0.930. The Morgan fingerprint density at radius 1 is 1.05 bits per heavy atom. The number of aliphatic hydroxyl groups excluding tert-OH is 1. The van der Waals surface area contributed by atoms with Crippen LogP contribution in [0.5, 0.6) is 0 Å². The molecule has 0 amide bonds. The first-order chi connectivity index (χ1) is 8.97. The Hall–Kier alpha value is -0.780. The summed E-state index contributed by atoms with van der Waals surface area (Å²) < 4.78 is 27.9. The fraction of sp³-hybridized carbons (Fsp3) is 0.143. The van der Waals surface area contributed by atoms with Gasteiger partial charge in [0, 0.05) is 21.4 Å². The monoisotopic (exact) mass is 390 g/mol. The SMILES string of the molecule is OC(Cc1ccc(F)cc1F)c1cc(Br)ccc1Br. The maximum Gasteiger partial charge on any atom is 0.129 e. The number of hydrogen-bond donors (Lipinski definition) is 1. The fourth-order valence-electron chi connectivity index (χ4n) is 1.78. The number of benzene rings is 2. The molecule has 5 heteroatoms. The first-order valence-corrected chi connectivity index (χ1v) is 7.13. The van der Waals surface area contributed by atoms with Crippen LogP contribution in [0.4, 0.5) is 8.78 Å². The topological polar surface area (TPSA) is 20.2 Å². The molecular formula is C14H10Br2F2O. The van der Waals surface area contributed by atoms with Crippen molar-refractivity contribution in [3.8, 4) is 0 Å². The lowest BCUT2D eigenvalue weighted by molar-refractivity contribution is 0.176. The molecule has 100 valence electrons. The minimum atomic E-state index is -0.869. The lowest BCUT2D eigenvalue weighted by atomic mass is 10.0. The van der Waals surface area contributed by atoms with Crippen LogP contribution in [0.3, 0.4) is 0 Å². The van der Waals surface area contributed by atoms with Crippen molar-refractivity contribution in [1.82, 2.24) is 0 Å². The minimum Gasteiger partial charge on any atom is -0.388 e. The predicted octanol–water partition coefficient (Wildman–Crippen LogP) is 4.77. The van der Waals surface area contributed by atoms with E-state index in [-0.39, 0.29) is 12.0 Å². The smallest absolute Gasteiger partial charge is 0.129 e. The van der Waals surface area contributed by atoms with E-state index in [1.165, 1.54) is 12.1 Å². The van der Waals surface area contributed by atoms with Crippen LogP contribution in [0, 0.1) is 11.6 Å². The van der Waals surface area contributed by atoms with Gasteiger partial charge >= 0.3 is 0 Å². The molecule has 2 aromatic rings. The summed E-state index contributed by atoms with van der Waals surface area (Å²) in [6.07, 6.45) is -0.784. The standard InChI is InChI=1S/C14H10Br2F2O/c15-9-2-4-12(16)11(6-9)14(19)5-8-1-3-10(17)7-13(8)18/h1-4,6-7,14,19H,5H2. The lowest BCUT2D eigenvalue weighted by Crippen LogP contribution is -2.04. The normalized spacial score (nSPS) is 12.5. The molecule has 0 aliphatic heterocycles. The summed E-state index contributed by atoms with van der Waals surface area (Å²) in [5.74, 6) is -1.27. The molecule has 0 saturated carbocycles. The third-order valence-electron chi connectivity index (χ3n) is 2.75. The Balaban J connectivity index is 2.25. The van der Waals surface area contributed by atoms with Gasteiger partial charge in [0.05, 0.1) is 6.10 Å². The van der Waals surface area contributed by atoms with E-state index in [0.29, 0.717) is 5.56 Å². The Morgan fingerprint density at radius 2 is 1.79 bits per heavy atom. The van der Waals surface area contributed by atoms with Crippen LogP contribution in [0.1, 0.15) is 17.2 Å². The molecule has 0 saturated heterocycles. The van der Waals surface area contributed by atoms with E-state index < -0.39 is 17.7 Å². The summed E-state index contributed by atoms with van der Waals surface area (Å²) in [4.78, 5) is 0. The molecule has 0 spiro atoms. The second-order valence-corrected chi connectivity index (χ2v) is 5.89. The number of hydrogen-bond acceptors (Lipinski definition) is 1. The van der Waals surface area contributed by atoms with Crippen LogP contribution in [0.25, 0.3) is 0 Å². The zero-order chi connectivity index (χ0) is 14.0. The summed E-state index contributed by atoms with van der Waals surface area (Å²) in [5, 5.41) is 10.2. The molecule has 2 aromatic carbocycles. The molecule has 1 unspecified atom stereocenters. The maximum atomic E-state index is 13.5. The second kappa shape index (κ2) is 6.11. The van der Waals surface area contributed by atoms with Crippen molar-refractivity contribution >= 4 is 31.9 Å². The van der Waals surface area contributed by atoms with Crippen molar-refractivity contribution in [3.63, 3.8) is 0 Å². The molecule has 0 bridgehead atoms. The molecule has 1 nitrogen and oxygen atoms in total. The molecule has 0 fully saturated rings. The average Bonchev–Trinajstić information content (AvgIpc) is 2.35. The molecule has 0 heterocycles. The third kappa shape index (κ3) is 3.61. The Kier molecular flexibility index (Phi) is 4.71. The van der Waals surface area contributed by atoms with Gasteiger partial charge in [-0.1, -0.05) is 37.9 Å². The Morgan fingerprint density at radius 3 is 2.47 bits per heavy atom. The minimum absolute atomic E-state index is 0.0845. The molecule has 1 atom stereocenters. The maximum absolute atomic E-state index is 13.5. The number of rotatable bonds is 3. The highest BCUT2D eigenvalue weighted by molar-refractivity contribution is 9.11. The van der Waals surface area contributed by atoms with Crippen molar-refractivity contribution in [2.75, 3.05) is 0 Å². The van der Waals surface area contributed by atoms with Gasteiger partial charge in [-0.3, -0.25) is 0 Å². The fourth-order valence-corrected chi connectivity index (χ4v) is 2.67. The van der Waals surface area contributed by atoms with Gasteiger partial charge in [-0.25, -0.2) is 8.78 Å². The van der Waals surface area contributed by atoms with Crippen LogP contribution < -0.4 is 0 Å². The van der Waals surface area contributed by atoms with Crippen LogP contribution in [0.15, 0.2) is 45.3 Å². The van der Waals surface area contributed by atoms with E-state index in [4.69, 9.17) is 0 Å². The molecule has 19 heavy (non-hydrogen) atoms. The van der Waals surface area contributed by atoms with Crippen molar-refractivity contribution < 1.29 is 13.9 Å². The van der Waals surface area contributed by atoms with Crippen LogP contribution in [-0.2, 0) is 6.42 Å². The molecule has 1 N–H and O–H groups in total. The highest BCUT2D eigenvalue weighted by atomic mass is 79.9. The number of aliphatic hydroxyl groups is 1. The van der Waals surface area contributed by atoms with E-state index in [1.54, 1.807) is 12.1 Å². The van der Waals surface area contributed by atoms with Gasteiger partial charge in [0.15, 0.2) is 0 Å². The zero-order valence-corrected chi connectivity index (χ0v) is 12.9. The number of halogens is 4. The summed E-state index contributed by atoms with van der Waals surface area (Å²) >= 11 is 6.66. The summed E-state index contributed by atoms with van der Waals surface area (Å²) in [6, 6.07) is 8.73. The van der Waals surface area contributed by atoms with Gasteiger partial charge < -0.3 is 5.11 Å². The largest absolute Gasteiger partial charge is 0.388 e. The van der Waals surface area contributed by atoms with Crippen LogP contribution in [0.2, 0.25) is 0 Å². The predicted molar refractivity (Wildman–Crippen MR) is 76.9 cm³/mol. The van der Waals surface area contributed by atoms with Crippen molar-refractivity contribution in [1.29, 1.82) is 0 Å². The van der Waals surface area contributed by atoms with E-state index >= 15 is 0 Å². The van der Waals surface area contributed by atoms with Gasteiger partial charge in [-0.15, -0.1) is 0 Å².